The van der Waals surface area contributed by atoms with Crippen LogP contribution in [0.5, 0.6) is 0 Å². The molecule has 0 saturated heterocycles. The Morgan fingerprint density at radius 3 is 2.40 bits per heavy atom. The Hall–Kier alpha value is -0.660. The van der Waals surface area contributed by atoms with Crippen LogP contribution in [0.3, 0.4) is 0 Å². The fraction of sp³-hybridized carbons (Fsp3) is 0.750. The van der Waals surface area contributed by atoms with Crippen LogP contribution in [0.2, 0.25) is 0 Å². The smallest absolute Gasteiger partial charge is 0.176 e. The minimum Gasteiger partial charge on any atom is -0.474 e. The van der Waals surface area contributed by atoms with Gasteiger partial charge < -0.3 is 9.64 Å². The fourth-order valence-corrected chi connectivity index (χ4v) is 1.41. The van der Waals surface area contributed by atoms with E-state index in [0.717, 1.165) is 6.54 Å². The van der Waals surface area contributed by atoms with Gasteiger partial charge in [-0.3, -0.25) is 0 Å². The Morgan fingerprint density at radius 2 is 2.20 bits per heavy atom. The first-order valence-electron chi connectivity index (χ1n) is 3.70. The van der Waals surface area contributed by atoms with Crippen LogP contribution in [0, 0.1) is 0 Å². The molecule has 0 aromatic carbocycles. The fourth-order valence-electron chi connectivity index (χ4n) is 1.41. The van der Waals surface area contributed by atoms with Gasteiger partial charge >= 0.3 is 0 Å². The monoisotopic (exact) mass is 141 g/mol. The minimum atomic E-state index is -0.126. The standard InChI is InChI=1S/C8H15NO/c1-5-9-7(2)6-10-8(9,3)4/h6H,5H2,1-4H3. The van der Waals surface area contributed by atoms with Crippen LogP contribution in [0.25, 0.3) is 0 Å². The summed E-state index contributed by atoms with van der Waals surface area (Å²) in [5.74, 6) is 0. The number of allylic oxidation sites excluding steroid dienone is 1. The summed E-state index contributed by atoms with van der Waals surface area (Å²) in [5, 5.41) is 0. The zero-order valence-electron chi connectivity index (χ0n) is 7.14. The largest absolute Gasteiger partial charge is 0.474 e. The summed E-state index contributed by atoms with van der Waals surface area (Å²) >= 11 is 0. The Kier molecular flexibility index (Phi) is 1.63. The van der Waals surface area contributed by atoms with E-state index in [1.54, 1.807) is 0 Å². The molecule has 0 N–H and O–H groups in total. The quantitative estimate of drug-likeness (QED) is 0.553. The third kappa shape index (κ3) is 0.981. The van der Waals surface area contributed by atoms with Crippen molar-refractivity contribution in [3.63, 3.8) is 0 Å². The lowest BCUT2D eigenvalue weighted by molar-refractivity contribution is -0.0309. The molecule has 0 bridgehead atoms. The second kappa shape index (κ2) is 2.19. The molecule has 0 radical (unpaired) electrons. The van der Waals surface area contributed by atoms with Crippen molar-refractivity contribution in [1.82, 2.24) is 4.90 Å². The molecule has 0 aromatic rings. The van der Waals surface area contributed by atoms with E-state index in [1.165, 1.54) is 5.70 Å². The first-order valence-corrected chi connectivity index (χ1v) is 3.70. The molecule has 0 spiro atoms. The Morgan fingerprint density at radius 1 is 1.60 bits per heavy atom. The molecule has 2 nitrogen and oxygen atoms in total. The summed E-state index contributed by atoms with van der Waals surface area (Å²) in [6.07, 6.45) is 1.82. The Bertz CT molecular complexity index is 161. The van der Waals surface area contributed by atoms with Crippen molar-refractivity contribution in [2.45, 2.75) is 33.4 Å². The Balaban J connectivity index is 2.73. The van der Waals surface area contributed by atoms with Gasteiger partial charge in [-0.25, -0.2) is 0 Å². The first kappa shape index (κ1) is 7.45. The van der Waals surface area contributed by atoms with Crippen LogP contribution in [0.4, 0.5) is 0 Å². The van der Waals surface area contributed by atoms with E-state index >= 15 is 0 Å². The van der Waals surface area contributed by atoms with Crippen molar-refractivity contribution in [3.8, 4) is 0 Å². The molecule has 2 heteroatoms. The molecule has 0 saturated carbocycles. The van der Waals surface area contributed by atoms with Crippen LogP contribution in [0.15, 0.2) is 12.0 Å². The van der Waals surface area contributed by atoms with E-state index in [4.69, 9.17) is 4.74 Å². The minimum absolute atomic E-state index is 0.126. The van der Waals surface area contributed by atoms with Gasteiger partial charge in [-0.15, -0.1) is 0 Å². The van der Waals surface area contributed by atoms with E-state index in [0.29, 0.717) is 0 Å². The predicted octanol–water partition coefficient (Wildman–Crippen LogP) is 1.94. The highest BCUT2D eigenvalue weighted by Gasteiger charge is 2.31. The first-order chi connectivity index (χ1) is 4.58. The van der Waals surface area contributed by atoms with Gasteiger partial charge in [0.05, 0.1) is 0 Å². The van der Waals surface area contributed by atoms with Gasteiger partial charge in [0.2, 0.25) is 0 Å². The SMILES string of the molecule is CCN1C(C)=COC1(C)C. The molecule has 1 rings (SSSR count). The number of ether oxygens (including phenoxy) is 1. The second-order valence-corrected chi connectivity index (χ2v) is 3.07. The number of hydrogen-bond acceptors (Lipinski definition) is 2. The molecule has 0 amide bonds. The molecule has 0 unspecified atom stereocenters. The summed E-state index contributed by atoms with van der Waals surface area (Å²) in [4.78, 5) is 2.23. The lowest BCUT2D eigenvalue weighted by atomic mass is 10.2. The van der Waals surface area contributed by atoms with Crippen LogP contribution in [0.1, 0.15) is 27.7 Å². The predicted molar refractivity (Wildman–Crippen MR) is 41.3 cm³/mol. The highest BCUT2D eigenvalue weighted by Crippen LogP contribution is 2.27. The van der Waals surface area contributed by atoms with Gasteiger partial charge in [-0.1, -0.05) is 0 Å². The van der Waals surface area contributed by atoms with Crippen LogP contribution >= 0.6 is 0 Å². The molecule has 1 heterocycles. The maximum Gasteiger partial charge on any atom is 0.176 e. The van der Waals surface area contributed by atoms with E-state index in [9.17, 15) is 0 Å². The molecule has 0 atom stereocenters. The zero-order chi connectivity index (χ0) is 7.78. The topological polar surface area (TPSA) is 12.5 Å². The van der Waals surface area contributed by atoms with Crippen LogP contribution in [-0.4, -0.2) is 17.2 Å². The van der Waals surface area contributed by atoms with E-state index < -0.39 is 0 Å². The van der Waals surface area contributed by atoms with Gasteiger partial charge in [0.1, 0.15) is 6.26 Å². The van der Waals surface area contributed by atoms with Gasteiger partial charge in [0, 0.05) is 12.2 Å². The summed E-state index contributed by atoms with van der Waals surface area (Å²) in [7, 11) is 0. The highest BCUT2D eigenvalue weighted by atomic mass is 16.5. The van der Waals surface area contributed by atoms with Crippen molar-refractivity contribution in [2.24, 2.45) is 0 Å². The number of nitrogens with zero attached hydrogens (tertiary/aromatic N) is 1. The normalized spacial score (nSPS) is 22.4. The van der Waals surface area contributed by atoms with Crippen molar-refractivity contribution < 1.29 is 4.74 Å². The molecule has 10 heavy (non-hydrogen) atoms. The maximum absolute atomic E-state index is 5.42. The lowest BCUT2D eigenvalue weighted by Crippen LogP contribution is -2.39. The third-order valence-electron chi connectivity index (χ3n) is 1.91. The average Bonchev–Trinajstić information content (AvgIpc) is 2.07. The molecule has 58 valence electrons. The number of rotatable bonds is 1. The molecule has 1 aliphatic heterocycles. The molecule has 0 aromatic heterocycles. The maximum atomic E-state index is 5.42. The summed E-state index contributed by atoms with van der Waals surface area (Å²) in [5.41, 5.74) is 1.09. The Labute approximate surface area is 62.5 Å². The average molecular weight is 141 g/mol. The third-order valence-corrected chi connectivity index (χ3v) is 1.91. The van der Waals surface area contributed by atoms with Crippen LogP contribution in [-0.2, 0) is 4.74 Å². The molecular weight excluding hydrogens is 126 g/mol. The van der Waals surface area contributed by atoms with Crippen molar-refractivity contribution in [3.05, 3.63) is 12.0 Å². The molecular formula is C8H15NO. The van der Waals surface area contributed by atoms with Gasteiger partial charge in [0.15, 0.2) is 5.72 Å². The highest BCUT2D eigenvalue weighted by molar-refractivity contribution is 5.03. The van der Waals surface area contributed by atoms with Crippen molar-refractivity contribution >= 4 is 0 Å². The van der Waals surface area contributed by atoms with Crippen molar-refractivity contribution in [1.29, 1.82) is 0 Å². The lowest BCUT2D eigenvalue weighted by Gasteiger charge is -2.32. The van der Waals surface area contributed by atoms with Crippen LogP contribution < -0.4 is 0 Å². The van der Waals surface area contributed by atoms with E-state index in [2.05, 4.69) is 32.6 Å². The zero-order valence-corrected chi connectivity index (χ0v) is 7.14. The summed E-state index contributed by atoms with van der Waals surface area (Å²) in [6, 6.07) is 0. The second-order valence-electron chi connectivity index (χ2n) is 3.07. The molecule has 1 aliphatic rings. The molecule has 0 aliphatic carbocycles. The van der Waals surface area contributed by atoms with Crippen molar-refractivity contribution in [2.75, 3.05) is 6.54 Å². The summed E-state index contributed by atoms with van der Waals surface area (Å²) in [6.45, 7) is 9.36. The van der Waals surface area contributed by atoms with Gasteiger partial charge in [-0.2, -0.15) is 0 Å². The summed E-state index contributed by atoms with van der Waals surface area (Å²) < 4.78 is 5.42. The van der Waals surface area contributed by atoms with E-state index in [1.807, 2.05) is 6.26 Å². The molecule has 0 fully saturated rings. The number of hydrogen-bond donors (Lipinski definition) is 0. The van der Waals surface area contributed by atoms with E-state index in [-0.39, 0.29) is 5.72 Å². The van der Waals surface area contributed by atoms with Gasteiger partial charge in [0.25, 0.3) is 0 Å². The van der Waals surface area contributed by atoms with Gasteiger partial charge in [-0.05, 0) is 27.7 Å².